The summed E-state index contributed by atoms with van der Waals surface area (Å²) in [5, 5.41) is 0. The summed E-state index contributed by atoms with van der Waals surface area (Å²) in [7, 11) is 0. The normalized spacial score (nSPS) is 21.9. The molecule has 0 saturated carbocycles. The van der Waals surface area contributed by atoms with Crippen molar-refractivity contribution in [2.45, 2.75) is 64.8 Å². The second-order valence-electron chi connectivity index (χ2n) is 9.03. The Balaban J connectivity index is 1.97. The molecule has 1 aliphatic heterocycles. The molecule has 1 aliphatic rings. The summed E-state index contributed by atoms with van der Waals surface area (Å²) >= 11 is 0. The minimum Gasteiger partial charge on any atom is -0.463 e. The van der Waals surface area contributed by atoms with E-state index in [0.29, 0.717) is 23.3 Å². The fourth-order valence-corrected chi connectivity index (χ4v) is 4.18. The molecule has 0 bridgehead atoms. The van der Waals surface area contributed by atoms with Gasteiger partial charge in [0.25, 0.3) is 0 Å². The average Bonchev–Trinajstić information content (AvgIpc) is 2.87. The van der Waals surface area contributed by atoms with Crippen molar-refractivity contribution in [2.75, 3.05) is 6.61 Å². The van der Waals surface area contributed by atoms with Gasteiger partial charge in [0.05, 0.1) is 0 Å². The van der Waals surface area contributed by atoms with E-state index in [-0.39, 0.29) is 6.61 Å². The summed E-state index contributed by atoms with van der Waals surface area (Å²) in [6.07, 6.45) is -6.11. The Morgan fingerprint density at radius 1 is 0.750 bits per heavy atom. The van der Waals surface area contributed by atoms with E-state index in [2.05, 4.69) is 0 Å². The summed E-state index contributed by atoms with van der Waals surface area (Å²) in [4.78, 5) is 59.0. The number of carbonyl (C=O) groups is 5. The second-order valence-corrected chi connectivity index (χ2v) is 9.03. The highest BCUT2D eigenvalue weighted by molar-refractivity contribution is 5.92. The minimum atomic E-state index is -1.36. The molecule has 1 fully saturated rings. The molecular weight excluding hydrogens is 526 g/mol. The van der Waals surface area contributed by atoms with Gasteiger partial charge < -0.3 is 34.2 Å². The van der Waals surface area contributed by atoms with Gasteiger partial charge in [0.15, 0.2) is 12.2 Å². The van der Waals surface area contributed by atoms with E-state index in [1.54, 1.807) is 42.5 Å². The number of primary amides is 1. The first kappa shape index (κ1) is 30.1. The quantitative estimate of drug-likeness (QED) is 0.334. The maximum absolute atomic E-state index is 12.1. The first-order chi connectivity index (χ1) is 18.9. The summed E-state index contributed by atoms with van der Waals surface area (Å²) < 4.78 is 33.6. The van der Waals surface area contributed by atoms with Crippen LogP contribution in [0.15, 0.2) is 48.5 Å². The van der Waals surface area contributed by atoms with Gasteiger partial charge in [0.1, 0.15) is 18.5 Å². The smallest absolute Gasteiger partial charge is 0.303 e. The fraction of sp³-hybridized carbons (Fsp3) is 0.393. The van der Waals surface area contributed by atoms with Gasteiger partial charge in [0.2, 0.25) is 18.3 Å². The van der Waals surface area contributed by atoms with Gasteiger partial charge in [-0.05, 0) is 29.3 Å². The monoisotopic (exact) mass is 557 g/mol. The highest BCUT2D eigenvalue weighted by Gasteiger charge is 2.53. The van der Waals surface area contributed by atoms with Crippen LogP contribution in [0.25, 0.3) is 0 Å². The molecule has 0 unspecified atom stereocenters. The molecule has 12 nitrogen and oxygen atoms in total. The maximum Gasteiger partial charge on any atom is 0.303 e. The summed E-state index contributed by atoms with van der Waals surface area (Å²) in [5.74, 6) is -3.02. The van der Waals surface area contributed by atoms with Crippen LogP contribution in [0.3, 0.4) is 0 Å². The van der Waals surface area contributed by atoms with Gasteiger partial charge in [-0.25, -0.2) is 0 Å². The molecule has 0 aliphatic carbocycles. The first-order valence-electron chi connectivity index (χ1n) is 12.4. The fourth-order valence-electron chi connectivity index (χ4n) is 4.18. The highest BCUT2D eigenvalue weighted by Crippen LogP contribution is 2.32. The van der Waals surface area contributed by atoms with Gasteiger partial charge in [-0.2, -0.15) is 0 Å². The average molecular weight is 558 g/mol. The lowest BCUT2D eigenvalue weighted by Gasteiger charge is -2.44. The second kappa shape index (κ2) is 13.6. The Kier molecular flexibility index (Phi) is 10.2. The zero-order valence-corrected chi connectivity index (χ0v) is 22.5. The van der Waals surface area contributed by atoms with E-state index >= 15 is 0 Å². The zero-order valence-electron chi connectivity index (χ0n) is 22.5. The Morgan fingerprint density at radius 3 is 1.90 bits per heavy atom. The van der Waals surface area contributed by atoms with Crippen LogP contribution in [-0.4, -0.2) is 67.1 Å². The third-order valence-electron chi connectivity index (χ3n) is 5.80. The highest BCUT2D eigenvalue weighted by atomic mass is 16.7. The van der Waals surface area contributed by atoms with Crippen LogP contribution in [0.2, 0.25) is 0 Å². The van der Waals surface area contributed by atoms with Crippen molar-refractivity contribution in [3.8, 4) is 5.75 Å². The molecule has 40 heavy (non-hydrogen) atoms. The Morgan fingerprint density at radius 2 is 1.32 bits per heavy atom. The van der Waals surface area contributed by atoms with Crippen LogP contribution in [0.4, 0.5) is 0 Å². The number of hydrogen-bond donors (Lipinski definition) is 1. The molecule has 12 heteroatoms. The number of carbonyl (C=O) groups excluding carboxylic acids is 5. The predicted octanol–water partition coefficient (Wildman–Crippen LogP) is 1.84. The standard InChI is InChI=1S/C28H31NO11/c1-15(30)35-14-23-24(36-16(2)31)25(37-17(3)32)26(38-18(4)33)28(40-23)39-22-8-6-5-7-21(22)13-19-9-11-20(12-10-19)27(29)34/h5-12,23-26,28H,13-14H2,1-4H3,(H2,29,34)/t23-,24-,25+,26-,28+/m1/s1. The minimum absolute atomic E-state index is 0.349. The summed E-state index contributed by atoms with van der Waals surface area (Å²) in [6, 6.07) is 13.7. The predicted molar refractivity (Wildman–Crippen MR) is 137 cm³/mol. The third kappa shape index (κ3) is 8.27. The maximum atomic E-state index is 12.1. The van der Waals surface area contributed by atoms with Crippen molar-refractivity contribution in [1.82, 2.24) is 0 Å². The van der Waals surface area contributed by atoms with E-state index in [9.17, 15) is 24.0 Å². The molecular formula is C28H31NO11. The number of ether oxygens (including phenoxy) is 6. The van der Waals surface area contributed by atoms with Crippen LogP contribution in [0.5, 0.6) is 5.75 Å². The van der Waals surface area contributed by atoms with Crippen LogP contribution in [0.1, 0.15) is 49.2 Å². The molecule has 2 aromatic carbocycles. The molecule has 0 aromatic heterocycles. The van der Waals surface area contributed by atoms with Gasteiger partial charge in [-0.1, -0.05) is 30.3 Å². The Hall–Kier alpha value is -4.45. The lowest BCUT2D eigenvalue weighted by Crippen LogP contribution is -2.63. The van der Waals surface area contributed by atoms with E-state index < -0.39 is 60.5 Å². The lowest BCUT2D eigenvalue weighted by atomic mass is 9.98. The number of benzene rings is 2. The zero-order chi connectivity index (χ0) is 29.4. The lowest BCUT2D eigenvalue weighted by molar-refractivity contribution is -0.288. The van der Waals surface area contributed by atoms with Crippen LogP contribution < -0.4 is 10.5 Å². The van der Waals surface area contributed by atoms with Crippen LogP contribution >= 0.6 is 0 Å². The van der Waals surface area contributed by atoms with Gasteiger partial charge in [-0.15, -0.1) is 0 Å². The number of rotatable bonds is 10. The SMILES string of the molecule is CC(=O)OC[C@H]1O[C@H](Oc2ccccc2Cc2ccc(C(N)=O)cc2)[C@H](OC(C)=O)[C@@H](OC(C)=O)[C@@H]1OC(C)=O. The van der Waals surface area contributed by atoms with E-state index in [1.165, 1.54) is 6.92 Å². The van der Waals surface area contributed by atoms with E-state index in [0.717, 1.165) is 26.3 Å². The number of esters is 4. The molecule has 2 N–H and O–H groups in total. The number of nitrogens with two attached hydrogens (primary N) is 1. The van der Waals surface area contributed by atoms with Crippen molar-refractivity contribution in [3.05, 3.63) is 65.2 Å². The molecule has 1 amide bonds. The molecule has 3 rings (SSSR count). The van der Waals surface area contributed by atoms with E-state index in [1.807, 2.05) is 6.07 Å². The Labute approximate surface area is 230 Å². The van der Waals surface area contributed by atoms with Crippen LogP contribution in [-0.2, 0) is 49.3 Å². The summed E-state index contributed by atoms with van der Waals surface area (Å²) in [5.41, 5.74) is 7.25. The van der Waals surface area contributed by atoms with Crippen molar-refractivity contribution in [3.63, 3.8) is 0 Å². The molecule has 2 aromatic rings. The number of hydrogen-bond acceptors (Lipinski definition) is 11. The van der Waals surface area contributed by atoms with Crippen molar-refractivity contribution < 1.29 is 52.4 Å². The molecule has 1 saturated heterocycles. The first-order valence-corrected chi connectivity index (χ1v) is 12.4. The molecule has 0 radical (unpaired) electrons. The van der Waals surface area contributed by atoms with Crippen LogP contribution in [0, 0.1) is 0 Å². The van der Waals surface area contributed by atoms with Gasteiger partial charge in [-0.3, -0.25) is 24.0 Å². The van der Waals surface area contributed by atoms with Crippen molar-refractivity contribution in [1.29, 1.82) is 0 Å². The van der Waals surface area contributed by atoms with Gasteiger partial charge in [0, 0.05) is 39.7 Å². The number of para-hydroxylation sites is 1. The topological polar surface area (TPSA) is 167 Å². The third-order valence-corrected chi connectivity index (χ3v) is 5.80. The van der Waals surface area contributed by atoms with Gasteiger partial charge >= 0.3 is 23.9 Å². The molecule has 5 atom stereocenters. The largest absolute Gasteiger partial charge is 0.463 e. The summed E-state index contributed by atoms with van der Waals surface area (Å²) in [6.45, 7) is 4.25. The van der Waals surface area contributed by atoms with E-state index in [4.69, 9.17) is 34.2 Å². The Bertz CT molecular complexity index is 1240. The molecule has 214 valence electrons. The molecule has 0 spiro atoms. The van der Waals surface area contributed by atoms with Crippen molar-refractivity contribution >= 4 is 29.8 Å². The van der Waals surface area contributed by atoms with Crippen molar-refractivity contribution in [2.24, 2.45) is 5.73 Å². The molecule has 1 heterocycles. The number of amides is 1.